The van der Waals surface area contributed by atoms with E-state index in [1.807, 2.05) is 41.3 Å². The molecule has 0 bridgehead atoms. The number of Topliss-reactive ketones (excluding diaryl/α,β-unsaturated/α-hetero) is 1. The van der Waals surface area contributed by atoms with Crippen LogP contribution in [0.25, 0.3) is 0 Å². The molecule has 0 aliphatic carbocycles. The van der Waals surface area contributed by atoms with Gasteiger partial charge >= 0.3 is 5.97 Å². The number of carbonyl (C=O) groups is 2. The van der Waals surface area contributed by atoms with Gasteiger partial charge in [-0.15, -0.1) is 0 Å². The van der Waals surface area contributed by atoms with Crippen molar-refractivity contribution in [3.05, 3.63) is 82.0 Å². The Morgan fingerprint density at radius 3 is 2.59 bits per heavy atom. The summed E-state index contributed by atoms with van der Waals surface area (Å²) in [7, 11) is 1.61. The van der Waals surface area contributed by atoms with Crippen LogP contribution >= 0.6 is 15.9 Å². The number of allylic oxidation sites excluding steroid dienone is 1. The zero-order valence-corrected chi connectivity index (χ0v) is 25.0. The topological polar surface area (TPSA) is 103 Å². The molecule has 1 atom stereocenters. The van der Waals surface area contributed by atoms with Gasteiger partial charge in [0.05, 0.1) is 13.5 Å². The number of fused-ring (bicyclic) bond motifs is 1. The number of ether oxygens (including phenoxy) is 3. The lowest BCUT2D eigenvalue weighted by atomic mass is 9.88. The molecule has 0 saturated heterocycles. The molecular weight excluding hydrogens is 588 g/mol. The van der Waals surface area contributed by atoms with E-state index >= 15 is 0 Å². The lowest BCUT2D eigenvalue weighted by Gasteiger charge is -2.26. The molecule has 1 unspecified atom stereocenters. The third-order valence-electron chi connectivity index (χ3n) is 6.69. The molecule has 212 valence electrons. The van der Waals surface area contributed by atoms with Crippen molar-refractivity contribution in [3.63, 3.8) is 0 Å². The number of anilines is 2. The van der Waals surface area contributed by atoms with Gasteiger partial charge in [0.25, 0.3) is 0 Å². The molecule has 5 rings (SSSR count). The first kappa shape index (κ1) is 28.5. The molecule has 0 saturated carbocycles. The standard InChI is InChI=1S/C31H31BrN4O5/c1-30(2,3)41-26(37)17-31(13-5-14-34-31)27(38)24-18-33-29(36-15-12-21-16-22(32)8-11-25(21)36)35-28(24)40-19-20-6-9-23(39-4)10-7-20/h5-11,13-14,16,18H,12,15,17,19H2,1-4H3. The average molecular weight is 620 g/mol. The zero-order valence-electron chi connectivity index (χ0n) is 23.4. The number of aliphatic imine (C=N–C) groups is 1. The molecule has 2 aliphatic heterocycles. The summed E-state index contributed by atoms with van der Waals surface area (Å²) < 4.78 is 17.9. The monoisotopic (exact) mass is 618 g/mol. The Hall–Kier alpha value is -4.05. The molecule has 0 fully saturated rings. The largest absolute Gasteiger partial charge is 0.497 e. The van der Waals surface area contributed by atoms with Gasteiger partial charge in [-0.2, -0.15) is 4.98 Å². The van der Waals surface area contributed by atoms with Crippen molar-refractivity contribution >= 4 is 45.5 Å². The zero-order chi connectivity index (χ0) is 29.2. The number of carbonyl (C=O) groups excluding carboxylic acids is 2. The van der Waals surface area contributed by atoms with Gasteiger partial charge in [0, 0.05) is 29.1 Å². The van der Waals surface area contributed by atoms with Crippen molar-refractivity contribution in [3.8, 4) is 11.6 Å². The van der Waals surface area contributed by atoms with Gasteiger partial charge < -0.3 is 19.1 Å². The normalized spacial score (nSPS) is 17.4. The second kappa shape index (κ2) is 11.4. The number of esters is 1. The molecule has 0 radical (unpaired) electrons. The fourth-order valence-electron chi connectivity index (χ4n) is 4.78. The van der Waals surface area contributed by atoms with Crippen LogP contribution in [0, 0.1) is 0 Å². The summed E-state index contributed by atoms with van der Waals surface area (Å²) in [5.41, 5.74) is 0.987. The molecule has 0 N–H and O–H groups in total. The summed E-state index contributed by atoms with van der Waals surface area (Å²) in [4.78, 5) is 42.6. The first-order valence-electron chi connectivity index (χ1n) is 13.3. The van der Waals surface area contributed by atoms with Crippen LogP contribution in [0.2, 0.25) is 0 Å². The van der Waals surface area contributed by atoms with Gasteiger partial charge in [-0.05, 0) is 80.8 Å². The number of aromatic nitrogens is 2. The third kappa shape index (κ3) is 6.32. The van der Waals surface area contributed by atoms with Crippen molar-refractivity contribution in [2.45, 2.75) is 51.4 Å². The third-order valence-corrected chi connectivity index (χ3v) is 7.18. The lowest BCUT2D eigenvalue weighted by Crippen LogP contribution is -2.38. The number of ketones is 1. The number of halogens is 1. The molecule has 41 heavy (non-hydrogen) atoms. The maximum Gasteiger partial charge on any atom is 0.309 e. The summed E-state index contributed by atoms with van der Waals surface area (Å²) in [5.74, 6) is 0.269. The quantitative estimate of drug-likeness (QED) is 0.218. The smallest absolute Gasteiger partial charge is 0.309 e. The van der Waals surface area contributed by atoms with E-state index in [1.165, 1.54) is 18.0 Å². The Balaban J connectivity index is 1.49. The van der Waals surface area contributed by atoms with E-state index in [-0.39, 0.29) is 24.5 Å². The van der Waals surface area contributed by atoms with Crippen LogP contribution in [0.1, 0.15) is 48.7 Å². The maximum absolute atomic E-state index is 14.1. The summed E-state index contributed by atoms with van der Waals surface area (Å²) in [6.45, 7) is 6.18. The Morgan fingerprint density at radius 2 is 1.90 bits per heavy atom. The second-order valence-electron chi connectivity index (χ2n) is 10.9. The number of hydrogen-bond acceptors (Lipinski definition) is 9. The van der Waals surface area contributed by atoms with E-state index in [1.54, 1.807) is 40.0 Å². The van der Waals surface area contributed by atoms with Gasteiger partial charge in [0.2, 0.25) is 17.6 Å². The minimum Gasteiger partial charge on any atom is -0.497 e. The Morgan fingerprint density at radius 1 is 1.12 bits per heavy atom. The number of rotatable bonds is 9. The highest BCUT2D eigenvalue weighted by molar-refractivity contribution is 9.10. The number of nitrogens with zero attached hydrogens (tertiary/aromatic N) is 4. The molecule has 3 aromatic rings. The number of benzene rings is 2. The summed E-state index contributed by atoms with van der Waals surface area (Å²) >= 11 is 3.53. The highest BCUT2D eigenvalue weighted by Crippen LogP contribution is 2.37. The van der Waals surface area contributed by atoms with Crippen LogP contribution in [-0.4, -0.2) is 52.7 Å². The maximum atomic E-state index is 14.1. The lowest BCUT2D eigenvalue weighted by molar-refractivity contribution is -0.155. The van der Waals surface area contributed by atoms with Gasteiger partial charge in [-0.25, -0.2) is 4.98 Å². The van der Waals surface area contributed by atoms with Gasteiger partial charge in [-0.3, -0.25) is 14.6 Å². The average Bonchev–Trinajstić information content (AvgIpc) is 3.58. The van der Waals surface area contributed by atoms with Crippen LogP contribution in [0.5, 0.6) is 11.6 Å². The van der Waals surface area contributed by atoms with E-state index in [2.05, 4.69) is 32.0 Å². The molecule has 2 aromatic carbocycles. The molecule has 10 heteroatoms. The minimum absolute atomic E-state index is 0.112. The van der Waals surface area contributed by atoms with Crippen LogP contribution in [0.15, 0.2) is 70.3 Å². The van der Waals surface area contributed by atoms with E-state index in [4.69, 9.17) is 19.2 Å². The summed E-state index contributed by atoms with van der Waals surface area (Å²) in [6.07, 6.45) is 6.80. The molecule has 2 aliphatic rings. The first-order valence-corrected chi connectivity index (χ1v) is 14.0. The summed E-state index contributed by atoms with van der Waals surface area (Å²) in [5, 5.41) is 0. The van der Waals surface area contributed by atoms with E-state index < -0.39 is 22.9 Å². The molecule has 9 nitrogen and oxygen atoms in total. The minimum atomic E-state index is -1.47. The molecule has 1 aromatic heterocycles. The van der Waals surface area contributed by atoms with Crippen molar-refractivity contribution in [2.24, 2.45) is 4.99 Å². The molecule has 0 amide bonds. The first-order chi connectivity index (χ1) is 19.6. The van der Waals surface area contributed by atoms with Crippen molar-refractivity contribution in [2.75, 3.05) is 18.6 Å². The van der Waals surface area contributed by atoms with Crippen LogP contribution in [-0.2, 0) is 22.6 Å². The number of methoxy groups -OCH3 is 1. The van der Waals surface area contributed by atoms with Crippen LogP contribution in [0.4, 0.5) is 11.6 Å². The Kier molecular flexibility index (Phi) is 7.95. The van der Waals surface area contributed by atoms with Gasteiger partial charge in [0.1, 0.15) is 23.5 Å². The predicted molar refractivity (Wildman–Crippen MR) is 159 cm³/mol. The summed E-state index contributed by atoms with van der Waals surface area (Å²) in [6, 6.07) is 13.5. The highest BCUT2D eigenvalue weighted by Gasteiger charge is 2.43. The molecule has 3 heterocycles. The van der Waals surface area contributed by atoms with Crippen molar-refractivity contribution in [1.29, 1.82) is 0 Å². The van der Waals surface area contributed by atoms with Gasteiger partial charge in [-0.1, -0.05) is 28.1 Å². The fraction of sp³-hybridized carbons (Fsp3) is 0.323. The highest BCUT2D eigenvalue weighted by atomic mass is 79.9. The SMILES string of the molecule is COc1ccc(COc2nc(N3CCc4cc(Br)ccc43)ncc2C(=O)C2(CC(=O)OC(C)(C)C)C=CC=N2)cc1. The van der Waals surface area contributed by atoms with E-state index in [9.17, 15) is 9.59 Å². The number of hydrogen-bond donors (Lipinski definition) is 0. The van der Waals surface area contributed by atoms with Crippen molar-refractivity contribution < 1.29 is 23.8 Å². The van der Waals surface area contributed by atoms with Gasteiger partial charge in [0.15, 0.2) is 5.54 Å². The van der Waals surface area contributed by atoms with Crippen LogP contribution < -0.4 is 14.4 Å². The predicted octanol–water partition coefficient (Wildman–Crippen LogP) is 5.81. The Bertz CT molecular complexity index is 1520. The van der Waals surface area contributed by atoms with Crippen LogP contribution in [0.3, 0.4) is 0 Å². The van der Waals surface area contributed by atoms with Crippen molar-refractivity contribution in [1.82, 2.24) is 9.97 Å². The molecular formula is C31H31BrN4O5. The molecule has 0 spiro atoms. The fourth-order valence-corrected chi connectivity index (χ4v) is 5.18. The Labute approximate surface area is 247 Å². The second-order valence-corrected chi connectivity index (χ2v) is 11.8. The van der Waals surface area contributed by atoms with E-state index in [0.29, 0.717) is 12.5 Å². The van der Waals surface area contributed by atoms with E-state index in [0.717, 1.165) is 27.9 Å².